The molecule has 1 atom stereocenters. The Balaban J connectivity index is 2.32. The van der Waals surface area contributed by atoms with Gasteiger partial charge in [0.25, 0.3) is 0 Å². The molecule has 1 nitrogen and oxygen atoms in total. The Morgan fingerprint density at radius 3 is 2.77 bits per heavy atom. The molecule has 2 rings (SSSR count). The molecular formula is C11H14IN. The predicted molar refractivity (Wildman–Crippen MR) is 63.5 cm³/mol. The van der Waals surface area contributed by atoms with Crippen LogP contribution < -0.4 is 5.73 Å². The largest absolute Gasteiger partial charge is 0.324 e. The van der Waals surface area contributed by atoms with Crippen LogP contribution in [0, 0.1) is 16.4 Å². The highest BCUT2D eigenvalue weighted by Crippen LogP contribution is 2.40. The number of nitrogens with two attached hydrogens (primary N) is 1. The van der Waals surface area contributed by atoms with Crippen LogP contribution in [0.5, 0.6) is 0 Å². The Morgan fingerprint density at radius 2 is 2.15 bits per heavy atom. The first-order valence-corrected chi connectivity index (χ1v) is 5.78. The van der Waals surface area contributed by atoms with E-state index in [1.54, 1.807) is 0 Å². The zero-order chi connectivity index (χ0) is 9.42. The van der Waals surface area contributed by atoms with Crippen molar-refractivity contribution in [3.63, 3.8) is 0 Å². The van der Waals surface area contributed by atoms with Crippen molar-refractivity contribution in [1.82, 2.24) is 0 Å². The minimum atomic E-state index is 0.270. The summed E-state index contributed by atoms with van der Waals surface area (Å²) in [5.74, 6) is 0.746. The molecular weight excluding hydrogens is 273 g/mol. The Morgan fingerprint density at radius 1 is 1.46 bits per heavy atom. The number of halogens is 1. The van der Waals surface area contributed by atoms with Gasteiger partial charge in [-0.2, -0.15) is 0 Å². The summed E-state index contributed by atoms with van der Waals surface area (Å²) in [6, 6.07) is 6.68. The first-order valence-electron chi connectivity index (χ1n) is 4.70. The molecule has 13 heavy (non-hydrogen) atoms. The van der Waals surface area contributed by atoms with Crippen LogP contribution in [0.15, 0.2) is 18.2 Å². The number of hydrogen-bond donors (Lipinski definition) is 1. The van der Waals surface area contributed by atoms with Gasteiger partial charge in [0, 0.05) is 9.61 Å². The summed E-state index contributed by atoms with van der Waals surface area (Å²) in [6.45, 7) is 2.14. The number of rotatable bonds is 2. The van der Waals surface area contributed by atoms with Crippen LogP contribution >= 0.6 is 22.6 Å². The van der Waals surface area contributed by atoms with Crippen molar-refractivity contribution in [2.45, 2.75) is 25.8 Å². The summed E-state index contributed by atoms with van der Waals surface area (Å²) in [5.41, 5.74) is 8.84. The van der Waals surface area contributed by atoms with Gasteiger partial charge in [0.05, 0.1) is 0 Å². The Hall–Kier alpha value is -0.0900. The van der Waals surface area contributed by atoms with E-state index in [0.29, 0.717) is 0 Å². The van der Waals surface area contributed by atoms with Crippen molar-refractivity contribution in [3.8, 4) is 0 Å². The van der Waals surface area contributed by atoms with Gasteiger partial charge >= 0.3 is 0 Å². The highest BCUT2D eigenvalue weighted by molar-refractivity contribution is 14.1. The van der Waals surface area contributed by atoms with Gasteiger partial charge in [0.15, 0.2) is 0 Å². The second-order valence-electron chi connectivity index (χ2n) is 3.84. The highest BCUT2D eigenvalue weighted by atomic mass is 127. The van der Waals surface area contributed by atoms with Crippen LogP contribution in [0.1, 0.15) is 30.0 Å². The summed E-state index contributed by atoms with van der Waals surface area (Å²) < 4.78 is 1.35. The van der Waals surface area contributed by atoms with E-state index in [9.17, 15) is 0 Å². The fourth-order valence-electron chi connectivity index (χ4n) is 1.64. The van der Waals surface area contributed by atoms with Crippen LogP contribution in [0.3, 0.4) is 0 Å². The zero-order valence-electron chi connectivity index (χ0n) is 7.76. The monoisotopic (exact) mass is 287 g/mol. The molecule has 1 aromatic rings. The molecule has 0 spiro atoms. The van der Waals surface area contributed by atoms with Gasteiger partial charge in [-0.15, -0.1) is 0 Å². The van der Waals surface area contributed by atoms with Gasteiger partial charge in [-0.25, -0.2) is 0 Å². The van der Waals surface area contributed by atoms with E-state index in [2.05, 4.69) is 47.7 Å². The number of benzene rings is 1. The molecule has 0 bridgehead atoms. The van der Waals surface area contributed by atoms with Gasteiger partial charge < -0.3 is 5.73 Å². The van der Waals surface area contributed by atoms with Gasteiger partial charge in [-0.05, 0) is 59.4 Å². The van der Waals surface area contributed by atoms with Crippen LogP contribution in [-0.2, 0) is 0 Å². The number of aryl methyl sites for hydroxylation is 1. The minimum Gasteiger partial charge on any atom is -0.324 e. The lowest BCUT2D eigenvalue weighted by atomic mass is 10.0. The number of hydrogen-bond acceptors (Lipinski definition) is 1. The first kappa shape index (κ1) is 9.46. The molecule has 1 aliphatic carbocycles. The summed E-state index contributed by atoms with van der Waals surface area (Å²) >= 11 is 2.40. The van der Waals surface area contributed by atoms with Crippen LogP contribution in [0.4, 0.5) is 0 Å². The molecule has 70 valence electrons. The molecule has 2 heteroatoms. The Bertz CT molecular complexity index is 318. The van der Waals surface area contributed by atoms with Crippen LogP contribution in [0.2, 0.25) is 0 Å². The average Bonchev–Trinajstić information content (AvgIpc) is 2.91. The Labute approximate surface area is 92.9 Å². The fraction of sp³-hybridized carbons (Fsp3) is 0.455. The molecule has 0 heterocycles. The third-order valence-corrected chi connectivity index (χ3v) is 4.18. The highest BCUT2D eigenvalue weighted by Gasteiger charge is 2.30. The Kier molecular flexibility index (Phi) is 2.60. The minimum absolute atomic E-state index is 0.270. The van der Waals surface area contributed by atoms with E-state index >= 15 is 0 Å². The van der Waals surface area contributed by atoms with Crippen molar-refractivity contribution in [3.05, 3.63) is 32.9 Å². The summed E-state index contributed by atoms with van der Waals surface area (Å²) in [6.07, 6.45) is 2.62. The lowest BCUT2D eigenvalue weighted by molar-refractivity contribution is 0.630. The van der Waals surface area contributed by atoms with E-state index in [4.69, 9.17) is 5.73 Å². The lowest BCUT2D eigenvalue weighted by Crippen LogP contribution is -2.14. The second-order valence-corrected chi connectivity index (χ2v) is 4.92. The van der Waals surface area contributed by atoms with Crippen LogP contribution in [0.25, 0.3) is 0 Å². The molecule has 0 amide bonds. The standard InChI is InChI=1S/C11H14IN/c1-7-3-2-4-9(10(7)12)11(13)8-5-6-8/h2-4,8,11H,5-6,13H2,1H3/t11-/m1/s1. The van der Waals surface area contributed by atoms with Crippen molar-refractivity contribution in [1.29, 1.82) is 0 Å². The molecule has 1 aliphatic rings. The van der Waals surface area contributed by atoms with E-state index in [1.807, 2.05) is 0 Å². The maximum atomic E-state index is 6.17. The van der Waals surface area contributed by atoms with Gasteiger partial charge in [-0.1, -0.05) is 18.2 Å². The van der Waals surface area contributed by atoms with E-state index in [0.717, 1.165) is 5.92 Å². The van der Waals surface area contributed by atoms with E-state index in [1.165, 1.54) is 27.5 Å². The second kappa shape index (κ2) is 3.58. The lowest BCUT2D eigenvalue weighted by Gasteiger charge is -2.14. The quantitative estimate of drug-likeness (QED) is 0.831. The third-order valence-electron chi connectivity index (χ3n) is 2.71. The average molecular weight is 287 g/mol. The topological polar surface area (TPSA) is 26.0 Å². The van der Waals surface area contributed by atoms with Crippen molar-refractivity contribution in [2.24, 2.45) is 11.7 Å². The molecule has 0 saturated heterocycles. The maximum absolute atomic E-state index is 6.17. The molecule has 1 fully saturated rings. The van der Waals surface area contributed by atoms with Crippen LogP contribution in [-0.4, -0.2) is 0 Å². The van der Waals surface area contributed by atoms with Gasteiger partial charge in [0.2, 0.25) is 0 Å². The molecule has 1 saturated carbocycles. The molecule has 1 aromatic carbocycles. The first-order chi connectivity index (χ1) is 6.20. The van der Waals surface area contributed by atoms with Gasteiger partial charge in [-0.3, -0.25) is 0 Å². The zero-order valence-corrected chi connectivity index (χ0v) is 9.91. The predicted octanol–water partition coefficient (Wildman–Crippen LogP) is 3.01. The van der Waals surface area contributed by atoms with Crippen molar-refractivity contribution < 1.29 is 0 Å². The third kappa shape index (κ3) is 1.89. The van der Waals surface area contributed by atoms with E-state index < -0.39 is 0 Å². The SMILES string of the molecule is Cc1cccc([C@H](N)C2CC2)c1I. The molecule has 2 N–H and O–H groups in total. The summed E-state index contributed by atoms with van der Waals surface area (Å²) in [7, 11) is 0. The van der Waals surface area contributed by atoms with Gasteiger partial charge in [0.1, 0.15) is 0 Å². The fourth-order valence-corrected chi connectivity index (χ4v) is 2.36. The van der Waals surface area contributed by atoms with Crippen molar-refractivity contribution >= 4 is 22.6 Å². The molecule has 0 aliphatic heterocycles. The molecule has 0 aromatic heterocycles. The summed E-state index contributed by atoms with van der Waals surface area (Å²) in [5, 5.41) is 0. The normalized spacial score (nSPS) is 18.7. The van der Waals surface area contributed by atoms with Crippen molar-refractivity contribution in [2.75, 3.05) is 0 Å². The summed E-state index contributed by atoms with van der Waals surface area (Å²) in [4.78, 5) is 0. The smallest absolute Gasteiger partial charge is 0.0334 e. The maximum Gasteiger partial charge on any atom is 0.0334 e. The molecule has 0 unspecified atom stereocenters. The van der Waals surface area contributed by atoms with E-state index in [-0.39, 0.29) is 6.04 Å². The molecule has 0 radical (unpaired) electrons.